The number of rotatable bonds is 4. The maximum Gasteiger partial charge on any atom is 0.342 e. The molecule has 0 aliphatic rings. The molecule has 0 aliphatic carbocycles. The second-order valence-corrected chi connectivity index (χ2v) is 4.46. The first-order valence-corrected chi connectivity index (χ1v) is 6.38. The van der Waals surface area contributed by atoms with Crippen LogP contribution in [0.15, 0.2) is 48.5 Å². The summed E-state index contributed by atoms with van der Waals surface area (Å²) in [5, 5.41) is 12.4. The van der Waals surface area contributed by atoms with Crippen molar-refractivity contribution in [1.82, 2.24) is 0 Å². The molecule has 5 nitrogen and oxygen atoms in total. The summed E-state index contributed by atoms with van der Waals surface area (Å²) in [5.41, 5.74) is 1.23. The summed E-state index contributed by atoms with van der Waals surface area (Å²) in [4.78, 5) is 23.5. The average molecular weight is 285 g/mol. The van der Waals surface area contributed by atoms with Gasteiger partial charge < -0.3 is 15.2 Å². The summed E-state index contributed by atoms with van der Waals surface area (Å²) in [5.74, 6) is -1.31. The smallest absolute Gasteiger partial charge is 0.342 e. The highest BCUT2D eigenvalue weighted by molar-refractivity contribution is 5.96. The zero-order valence-electron chi connectivity index (χ0n) is 11.5. The number of benzene rings is 2. The highest BCUT2D eigenvalue weighted by atomic mass is 16.5. The SMILES string of the molecule is Cc1cccc(C(=O)OCC(=O)Nc2ccccc2)c1O. The third kappa shape index (κ3) is 3.82. The lowest BCUT2D eigenvalue weighted by Gasteiger charge is -2.08. The predicted molar refractivity (Wildman–Crippen MR) is 78.2 cm³/mol. The minimum absolute atomic E-state index is 0.0440. The molecule has 0 saturated heterocycles. The van der Waals surface area contributed by atoms with E-state index < -0.39 is 18.5 Å². The molecule has 2 aromatic carbocycles. The van der Waals surface area contributed by atoms with E-state index in [1.54, 1.807) is 43.3 Å². The molecule has 2 rings (SSSR count). The largest absolute Gasteiger partial charge is 0.507 e. The van der Waals surface area contributed by atoms with E-state index in [0.717, 1.165) is 0 Å². The minimum atomic E-state index is -0.737. The molecule has 0 saturated carbocycles. The van der Waals surface area contributed by atoms with Gasteiger partial charge in [0.05, 0.1) is 0 Å². The van der Waals surface area contributed by atoms with Gasteiger partial charge in [0.1, 0.15) is 11.3 Å². The van der Waals surface area contributed by atoms with E-state index in [0.29, 0.717) is 11.3 Å². The third-order valence-corrected chi connectivity index (χ3v) is 2.85. The van der Waals surface area contributed by atoms with Gasteiger partial charge >= 0.3 is 5.97 Å². The first kappa shape index (κ1) is 14.6. The van der Waals surface area contributed by atoms with Crippen LogP contribution in [0.5, 0.6) is 5.75 Å². The van der Waals surface area contributed by atoms with E-state index in [1.807, 2.05) is 6.07 Å². The van der Waals surface area contributed by atoms with Crippen molar-refractivity contribution < 1.29 is 19.4 Å². The predicted octanol–water partition coefficient (Wildman–Crippen LogP) is 2.50. The molecule has 0 aromatic heterocycles. The number of amides is 1. The summed E-state index contributed by atoms with van der Waals surface area (Å²) in [7, 11) is 0. The topological polar surface area (TPSA) is 75.6 Å². The molecule has 0 fully saturated rings. The molecule has 5 heteroatoms. The monoisotopic (exact) mass is 285 g/mol. The molecular formula is C16H15NO4. The van der Waals surface area contributed by atoms with Crippen LogP contribution in [-0.2, 0) is 9.53 Å². The van der Waals surface area contributed by atoms with Gasteiger partial charge in [-0.2, -0.15) is 0 Å². The molecular weight excluding hydrogens is 270 g/mol. The van der Waals surface area contributed by atoms with Crippen molar-refractivity contribution in [2.45, 2.75) is 6.92 Å². The number of phenolic OH excluding ortho intramolecular Hbond substituents is 1. The Morgan fingerprint density at radius 2 is 1.81 bits per heavy atom. The van der Waals surface area contributed by atoms with Gasteiger partial charge in [-0.1, -0.05) is 30.3 Å². The van der Waals surface area contributed by atoms with Gasteiger partial charge in [0.2, 0.25) is 0 Å². The van der Waals surface area contributed by atoms with Gasteiger partial charge in [0, 0.05) is 5.69 Å². The van der Waals surface area contributed by atoms with Gasteiger partial charge in [-0.05, 0) is 30.7 Å². The van der Waals surface area contributed by atoms with Gasteiger partial charge in [0.15, 0.2) is 6.61 Å². The zero-order valence-corrected chi connectivity index (χ0v) is 11.5. The first-order valence-electron chi connectivity index (χ1n) is 6.38. The number of phenols is 1. The number of para-hydroxylation sites is 2. The molecule has 0 atom stereocenters. The number of hydrogen-bond acceptors (Lipinski definition) is 4. The van der Waals surface area contributed by atoms with Crippen molar-refractivity contribution >= 4 is 17.6 Å². The summed E-state index contributed by atoms with van der Waals surface area (Å²) < 4.78 is 4.89. The van der Waals surface area contributed by atoms with Crippen LogP contribution in [0.25, 0.3) is 0 Å². The first-order chi connectivity index (χ1) is 10.1. The van der Waals surface area contributed by atoms with Crippen LogP contribution in [0.3, 0.4) is 0 Å². The summed E-state index contributed by atoms with van der Waals surface area (Å²) in [6.07, 6.45) is 0. The molecule has 0 aliphatic heterocycles. The van der Waals surface area contributed by atoms with E-state index in [9.17, 15) is 14.7 Å². The van der Waals surface area contributed by atoms with Crippen molar-refractivity contribution in [3.8, 4) is 5.75 Å². The lowest BCUT2D eigenvalue weighted by atomic mass is 10.1. The normalized spacial score (nSPS) is 9.95. The summed E-state index contributed by atoms with van der Waals surface area (Å²) in [6, 6.07) is 13.6. The van der Waals surface area contributed by atoms with Crippen molar-refractivity contribution in [1.29, 1.82) is 0 Å². The van der Waals surface area contributed by atoms with E-state index in [2.05, 4.69) is 5.32 Å². The maximum absolute atomic E-state index is 11.8. The minimum Gasteiger partial charge on any atom is -0.507 e. The molecule has 2 N–H and O–H groups in total. The molecule has 0 heterocycles. The Hall–Kier alpha value is -2.82. The molecule has 0 bridgehead atoms. The quantitative estimate of drug-likeness (QED) is 0.846. The van der Waals surface area contributed by atoms with Gasteiger partial charge in [0.25, 0.3) is 5.91 Å². The van der Waals surface area contributed by atoms with Crippen LogP contribution in [0, 0.1) is 6.92 Å². The highest BCUT2D eigenvalue weighted by Crippen LogP contribution is 2.22. The van der Waals surface area contributed by atoms with Gasteiger partial charge in [-0.15, -0.1) is 0 Å². The molecule has 108 valence electrons. The molecule has 0 spiro atoms. The van der Waals surface area contributed by atoms with Gasteiger partial charge in [-0.3, -0.25) is 4.79 Å². The lowest BCUT2D eigenvalue weighted by molar-refractivity contribution is -0.119. The second-order valence-electron chi connectivity index (χ2n) is 4.46. The number of ether oxygens (including phenoxy) is 1. The molecule has 2 aromatic rings. The van der Waals surface area contributed by atoms with Crippen molar-refractivity contribution in [2.24, 2.45) is 0 Å². The molecule has 0 unspecified atom stereocenters. The summed E-state index contributed by atoms with van der Waals surface area (Å²) in [6.45, 7) is 1.26. The fourth-order valence-electron chi connectivity index (χ4n) is 1.75. The number of aryl methyl sites for hydroxylation is 1. The Balaban J connectivity index is 1.92. The second kappa shape index (κ2) is 6.56. The van der Waals surface area contributed by atoms with Crippen LogP contribution >= 0.6 is 0 Å². The molecule has 0 radical (unpaired) electrons. The number of hydrogen-bond donors (Lipinski definition) is 2. The summed E-state index contributed by atoms with van der Waals surface area (Å²) >= 11 is 0. The zero-order chi connectivity index (χ0) is 15.2. The number of aromatic hydroxyl groups is 1. The van der Waals surface area contributed by atoms with Crippen molar-refractivity contribution in [3.05, 3.63) is 59.7 Å². The fourth-order valence-corrected chi connectivity index (χ4v) is 1.75. The van der Waals surface area contributed by atoms with Crippen LogP contribution in [0.1, 0.15) is 15.9 Å². The third-order valence-electron chi connectivity index (χ3n) is 2.85. The standard InChI is InChI=1S/C16H15NO4/c1-11-6-5-9-13(15(11)19)16(20)21-10-14(18)17-12-7-3-2-4-8-12/h2-9,19H,10H2,1H3,(H,17,18). The number of anilines is 1. The molecule has 1 amide bonds. The van der Waals surface area contributed by atoms with Crippen LogP contribution in [0.2, 0.25) is 0 Å². The van der Waals surface area contributed by atoms with Crippen molar-refractivity contribution in [2.75, 3.05) is 11.9 Å². The number of esters is 1. The van der Waals surface area contributed by atoms with Crippen LogP contribution in [-0.4, -0.2) is 23.6 Å². The Morgan fingerprint density at radius 3 is 2.52 bits per heavy atom. The van der Waals surface area contributed by atoms with E-state index in [1.165, 1.54) is 6.07 Å². The number of carbonyl (C=O) groups excluding carboxylic acids is 2. The van der Waals surface area contributed by atoms with E-state index >= 15 is 0 Å². The maximum atomic E-state index is 11.8. The van der Waals surface area contributed by atoms with Crippen molar-refractivity contribution in [3.63, 3.8) is 0 Å². The fraction of sp³-hybridized carbons (Fsp3) is 0.125. The Kier molecular flexibility index (Phi) is 4.56. The number of carbonyl (C=O) groups is 2. The van der Waals surface area contributed by atoms with Crippen LogP contribution in [0.4, 0.5) is 5.69 Å². The Morgan fingerprint density at radius 1 is 1.10 bits per heavy atom. The van der Waals surface area contributed by atoms with Crippen LogP contribution < -0.4 is 5.32 Å². The van der Waals surface area contributed by atoms with Gasteiger partial charge in [-0.25, -0.2) is 4.79 Å². The lowest BCUT2D eigenvalue weighted by Crippen LogP contribution is -2.21. The number of nitrogens with one attached hydrogen (secondary N) is 1. The average Bonchev–Trinajstić information content (AvgIpc) is 2.48. The Bertz CT molecular complexity index is 653. The molecule has 21 heavy (non-hydrogen) atoms. The highest BCUT2D eigenvalue weighted by Gasteiger charge is 2.15. The van der Waals surface area contributed by atoms with E-state index in [-0.39, 0.29) is 11.3 Å². The Labute approximate surface area is 122 Å². The van der Waals surface area contributed by atoms with E-state index in [4.69, 9.17) is 4.74 Å².